The second-order valence-electron chi connectivity index (χ2n) is 4.23. The topological polar surface area (TPSA) is 64.3 Å². The van der Waals surface area contributed by atoms with Crippen LogP contribution in [0.3, 0.4) is 0 Å². The third-order valence-electron chi connectivity index (χ3n) is 2.46. The zero-order valence-corrected chi connectivity index (χ0v) is 12.3. The lowest BCUT2D eigenvalue weighted by Gasteiger charge is -2.14. The summed E-state index contributed by atoms with van der Waals surface area (Å²) in [6.07, 6.45) is 2.01. The van der Waals surface area contributed by atoms with E-state index in [2.05, 4.69) is 28.2 Å². The van der Waals surface area contributed by atoms with Crippen LogP contribution in [0, 0.1) is 0 Å². The molecular weight excluding hydrogens is 296 g/mol. The van der Waals surface area contributed by atoms with Crippen LogP contribution in [0.25, 0.3) is 0 Å². The summed E-state index contributed by atoms with van der Waals surface area (Å²) in [5.74, 6) is 0.398. The zero-order valence-electron chi connectivity index (χ0n) is 10.7. The van der Waals surface area contributed by atoms with Crippen LogP contribution in [-0.4, -0.2) is 18.6 Å². The molecule has 5 heteroatoms. The number of carbonyl (C=O) groups is 1. The third kappa shape index (κ3) is 4.96. The van der Waals surface area contributed by atoms with Crippen molar-refractivity contribution in [2.75, 3.05) is 12.3 Å². The predicted molar refractivity (Wildman–Crippen MR) is 76.6 cm³/mol. The molecule has 0 saturated heterocycles. The van der Waals surface area contributed by atoms with E-state index < -0.39 is 0 Å². The summed E-state index contributed by atoms with van der Waals surface area (Å²) in [7, 11) is 0. The van der Waals surface area contributed by atoms with Crippen LogP contribution in [0.15, 0.2) is 22.7 Å². The molecule has 18 heavy (non-hydrogen) atoms. The Hall–Kier alpha value is -1.23. The number of benzene rings is 1. The first-order valence-corrected chi connectivity index (χ1v) is 6.79. The lowest BCUT2D eigenvalue weighted by Crippen LogP contribution is -2.36. The van der Waals surface area contributed by atoms with Gasteiger partial charge in [0.25, 0.3) is 5.91 Å². The molecule has 0 fully saturated rings. The molecule has 3 N–H and O–H groups in total. The molecule has 0 aliphatic heterocycles. The Morgan fingerprint density at radius 2 is 2.28 bits per heavy atom. The van der Waals surface area contributed by atoms with Gasteiger partial charge in [0, 0.05) is 10.5 Å². The van der Waals surface area contributed by atoms with E-state index in [-0.39, 0.29) is 18.6 Å². The monoisotopic (exact) mass is 314 g/mol. The highest BCUT2D eigenvalue weighted by Gasteiger charge is 2.08. The number of halogens is 1. The van der Waals surface area contributed by atoms with Crippen LogP contribution in [0.1, 0.15) is 26.7 Å². The van der Waals surface area contributed by atoms with Crippen molar-refractivity contribution in [2.24, 2.45) is 0 Å². The van der Waals surface area contributed by atoms with Crippen molar-refractivity contribution in [3.05, 3.63) is 22.7 Å². The van der Waals surface area contributed by atoms with Crippen LogP contribution in [0.2, 0.25) is 0 Å². The molecule has 0 spiro atoms. The highest BCUT2D eigenvalue weighted by molar-refractivity contribution is 9.10. The summed E-state index contributed by atoms with van der Waals surface area (Å²) >= 11 is 3.31. The Balaban J connectivity index is 2.42. The molecule has 0 heterocycles. The molecule has 1 rings (SSSR count). The van der Waals surface area contributed by atoms with Gasteiger partial charge in [0.05, 0.1) is 5.69 Å². The van der Waals surface area contributed by atoms with Crippen molar-refractivity contribution in [1.82, 2.24) is 5.32 Å². The molecule has 0 bridgehead atoms. The van der Waals surface area contributed by atoms with Crippen molar-refractivity contribution in [3.8, 4) is 5.75 Å². The molecule has 0 radical (unpaired) electrons. The second-order valence-corrected chi connectivity index (χ2v) is 5.14. The van der Waals surface area contributed by atoms with E-state index in [1.54, 1.807) is 12.1 Å². The average molecular weight is 315 g/mol. The summed E-state index contributed by atoms with van der Waals surface area (Å²) in [5.41, 5.74) is 6.28. The van der Waals surface area contributed by atoms with Gasteiger partial charge in [0.1, 0.15) is 5.75 Å². The maximum atomic E-state index is 11.6. The summed E-state index contributed by atoms with van der Waals surface area (Å²) in [4.78, 5) is 11.6. The summed E-state index contributed by atoms with van der Waals surface area (Å²) in [5, 5.41) is 2.87. The molecule has 1 atom stereocenters. The summed E-state index contributed by atoms with van der Waals surface area (Å²) in [6.45, 7) is 4.05. The van der Waals surface area contributed by atoms with Gasteiger partial charge in [0.15, 0.2) is 6.61 Å². The Bertz CT molecular complexity index is 410. The van der Waals surface area contributed by atoms with Crippen molar-refractivity contribution < 1.29 is 9.53 Å². The smallest absolute Gasteiger partial charge is 0.258 e. The van der Waals surface area contributed by atoms with Crippen LogP contribution in [0.4, 0.5) is 5.69 Å². The van der Waals surface area contributed by atoms with Gasteiger partial charge in [-0.1, -0.05) is 29.3 Å². The highest BCUT2D eigenvalue weighted by atomic mass is 79.9. The Morgan fingerprint density at radius 3 is 2.89 bits per heavy atom. The average Bonchev–Trinajstić information content (AvgIpc) is 2.28. The fourth-order valence-corrected chi connectivity index (χ4v) is 1.99. The number of nitrogens with one attached hydrogen (secondary N) is 1. The van der Waals surface area contributed by atoms with Crippen molar-refractivity contribution in [2.45, 2.75) is 32.7 Å². The SMILES string of the molecule is CCCC(C)NC(=O)COc1ccc(Br)cc1N. The first kappa shape index (κ1) is 14.8. The van der Waals surface area contributed by atoms with Crippen molar-refractivity contribution in [3.63, 3.8) is 0 Å². The quantitative estimate of drug-likeness (QED) is 0.793. The van der Waals surface area contributed by atoms with Gasteiger partial charge < -0.3 is 15.8 Å². The molecule has 1 aromatic rings. The van der Waals surface area contributed by atoms with Gasteiger partial charge in [-0.25, -0.2) is 0 Å². The minimum absolute atomic E-state index is 0.0140. The number of carbonyl (C=O) groups excluding carboxylic acids is 1. The first-order valence-electron chi connectivity index (χ1n) is 6.00. The van der Waals surface area contributed by atoms with Gasteiger partial charge in [-0.2, -0.15) is 0 Å². The molecular formula is C13H19BrN2O2. The molecule has 100 valence electrons. The maximum absolute atomic E-state index is 11.6. The zero-order chi connectivity index (χ0) is 13.5. The molecule has 0 aromatic heterocycles. The van der Waals surface area contributed by atoms with E-state index >= 15 is 0 Å². The summed E-state index contributed by atoms with van der Waals surface area (Å²) in [6, 6.07) is 5.48. The first-order chi connectivity index (χ1) is 8.52. The number of hydrogen-bond donors (Lipinski definition) is 2. The van der Waals surface area contributed by atoms with Crippen LogP contribution in [-0.2, 0) is 4.79 Å². The summed E-state index contributed by atoms with van der Waals surface area (Å²) < 4.78 is 6.26. The van der Waals surface area contributed by atoms with Crippen LogP contribution >= 0.6 is 15.9 Å². The molecule has 4 nitrogen and oxygen atoms in total. The number of nitrogen functional groups attached to an aromatic ring is 1. The van der Waals surface area contributed by atoms with Gasteiger partial charge in [-0.3, -0.25) is 4.79 Å². The number of anilines is 1. The molecule has 1 aromatic carbocycles. The molecule has 1 unspecified atom stereocenters. The lowest BCUT2D eigenvalue weighted by molar-refractivity contribution is -0.123. The van der Waals surface area contributed by atoms with E-state index in [0.717, 1.165) is 17.3 Å². The molecule has 0 aliphatic carbocycles. The Kier molecular flexibility index (Phi) is 5.98. The molecule has 1 amide bonds. The molecule has 0 aliphatic rings. The number of nitrogens with two attached hydrogens (primary N) is 1. The normalized spacial score (nSPS) is 11.9. The van der Waals surface area contributed by atoms with E-state index in [9.17, 15) is 4.79 Å². The molecule has 0 saturated carbocycles. The van der Waals surface area contributed by atoms with Gasteiger partial charge in [-0.05, 0) is 31.5 Å². The van der Waals surface area contributed by atoms with Crippen LogP contribution in [0.5, 0.6) is 5.75 Å². The van der Waals surface area contributed by atoms with Gasteiger partial charge in [0.2, 0.25) is 0 Å². The van der Waals surface area contributed by atoms with E-state index in [1.807, 2.05) is 13.0 Å². The number of amides is 1. The largest absolute Gasteiger partial charge is 0.482 e. The Morgan fingerprint density at radius 1 is 1.56 bits per heavy atom. The van der Waals surface area contributed by atoms with Crippen molar-refractivity contribution >= 4 is 27.5 Å². The number of hydrogen-bond acceptors (Lipinski definition) is 3. The van der Waals surface area contributed by atoms with Crippen molar-refractivity contribution in [1.29, 1.82) is 0 Å². The minimum atomic E-state index is -0.127. The lowest BCUT2D eigenvalue weighted by atomic mass is 10.2. The standard InChI is InChI=1S/C13H19BrN2O2/c1-3-4-9(2)16-13(17)8-18-12-6-5-10(14)7-11(12)15/h5-7,9H,3-4,8,15H2,1-2H3,(H,16,17). The van der Waals surface area contributed by atoms with E-state index in [0.29, 0.717) is 11.4 Å². The fraction of sp³-hybridized carbons (Fsp3) is 0.462. The van der Waals surface area contributed by atoms with Gasteiger partial charge in [-0.15, -0.1) is 0 Å². The minimum Gasteiger partial charge on any atom is -0.482 e. The Labute approximate surface area is 116 Å². The number of rotatable bonds is 6. The fourth-order valence-electron chi connectivity index (χ4n) is 1.62. The maximum Gasteiger partial charge on any atom is 0.258 e. The third-order valence-corrected chi connectivity index (χ3v) is 2.95. The van der Waals surface area contributed by atoms with E-state index in [1.165, 1.54) is 0 Å². The van der Waals surface area contributed by atoms with Gasteiger partial charge >= 0.3 is 0 Å². The second kappa shape index (κ2) is 7.26. The van der Waals surface area contributed by atoms with E-state index in [4.69, 9.17) is 10.5 Å². The van der Waals surface area contributed by atoms with Crippen LogP contribution < -0.4 is 15.8 Å². The number of ether oxygens (including phenoxy) is 1. The highest BCUT2D eigenvalue weighted by Crippen LogP contribution is 2.24. The predicted octanol–water partition coefficient (Wildman–Crippen LogP) is 2.71.